The van der Waals surface area contributed by atoms with Crippen molar-refractivity contribution in [1.29, 1.82) is 0 Å². The third-order valence-electron chi connectivity index (χ3n) is 1.27. The van der Waals surface area contributed by atoms with Gasteiger partial charge >= 0.3 is 18.2 Å². The topological polar surface area (TPSA) is 35.5 Å². The molecule has 0 saturated carbocycles. The lowest BCUT2D eigenvalue weighted by atomic mass is 10.2. The first-order chi connectivity index (χ1) is 6.15. The molecule has 0 aliphatic carbocycles. The van der Waals surface area contributed by atoms with Crippen LogP contribution in [0.15, 0.2) is 0 Å². The summed E-state index contributed by atoms with van der Waals surface area (Å²) in [6.07, 6.45) is -10.4. The largest absolute Gasteiger partial charge is 0.512 e. The van der Waals surface area contributed by atoms with Gasteiger partial charge in [-0.15, -0.1) is 0 Å². The summed E-state index contributed by atoms with van der Waals surface area (Å²) in [7, 11) is 0.648. The fraction of sp³-hybridized carbons (Fsp3) is 0.833. The molecule has 0 aliphatic rings. The molecule has 0 fully saturated rings. The first-order valence-corrected chi connectivity index (χ1v) is 3.31. The lowest BCUT2D eigenvalue weighted by Gasteiger charge is -2.25. The maximum absolute atomic E-state index is 12.4. The Kier molecular flexibility index (Phi) is 3.66. The first kappa shape index (κ1) is 12.9. The lowest BCUT2D eigenvalue weighted by molar-refractivity contribution is -0.341. The minimum absolute atomic E-state index is 0.217. The molecule has 0 radical (unpaired) electrons. The number of alkyl halides is 5. The van der Waals surface area contributed by atoms with E-state index < -0.39 is 24.4 Å². The number of ether oxygens (including phenoxy) is 2. The Balaban J connectivity index is 4.68. The fourth-order valence-electron chi connectivity index (χ4n) is 0.446. The average Bonchev–Trinajstić information content (AvgIpc) is 2.02. The van der Waals surface area contributed by atoms with Crippen molar-refractivity contribution in [3.8, 4) is 0 Å². The van der Waals surface area contributed by atoms with Crippen molar-refractivity contribution in [3.63, 3.8) is 0 Å². The van der Waals surface area contributed by atoms with Gasteiger partial charge in [0.1, 0.15) is 0 Å². The molecule has 0 saturated heterocycles. The molecule has 1 atom stereocenters. The average molecular weight is 222 g/mol. The Hall–Kier alpha value is -1.08. The van der Waals surface area contributed by atoms with E-state index in [4.69, 9.17) is 0 Å². The molecular weight excluding hydrogens is 215 g/mol. The second-order valence-electron chi connectivity index (χ2n) is 2.31. The second kappa shape index (κ2) is 3.97. The molecule has 8 heteroatoms. The van der Waals surface area contributed by atoms with Crippen LogP contribution in [0.25, 0.3) is 0 Å². The SMILES string of the molecule is COC(=O)OC(F)(F)C(F)(F)C(C)F. The molecule has 1 unspecified atom stereocenters. The van der Waals surface area contributed by atoms with Crippen molar-refractivity contribution in [3.05, 3.63) is 0 Å². The Morgan fingerprint density at radius 1 is 1.29 bits per heavy atom. The Morgan fingerprint density at radius 2 is 1.71 bits per heavy atom. The van der Waals surface area contributed by atoms with Crippen LogP contribution >= 0.6 is 0 Å². The summed E-state index contributed by atoms with van der Waals surface area (Å²) >= 11 is 0. The van der Waals surface area contributed by atoms with Crippen LogP contribution in [0, 0.1) is 0 Å². The van der Waals surface area contributed by atoms with Gasteiger partial charge in [0.25, 0.3) is 0 Å². The zero-order valence-corrected chi connectivity index (χ0v) is 7.19. The van der Waals surface area contributed by atoms with Crippen LogP contribution in [-0.4, -0.2) is 31.5 Å². The van der Waals surface area contributed by atoms with Crippen LogP contribution in [-0.2, 0) is 9.47 Å². The smallest absolute Gasteiger partial charge is 0.437 e. The normalized spacial score (nSPS) is 14.8. The maximum atomic E-state index is 12.4. The van der Waals surface area contributed by atoms with Gasteiger partial charge in [0, 0.05) is 0 Å². The molecule has 0 amide bonds. The molecule has 0 aliphatic heterocycles. The Morgan fingerprint density at radius 3 is 2.00 bits per heavy atom. The van der Waals surface area contributed by atoms with Gasteiger partial charge in [-0.2, -0.15) is 17.6 Å². The maximum Gasteiger partial charge on any atom is 0.512 e. The van der Waals surface area contributed by atoms with Crippen molar-refractivity contribution >= 4 is 6.16 Å². The van der Waals surface area contributed by atoms with Gasteiger partial charge in [-0.1, -0.05) is 0 Å². The lowest BCUT2D eigenvalue weighted by Crippen LogP contribution is -2.49. The number of hydrogen-bond donors (Lipinski definition) is 0. The van der Waals surface area contributed by atoms with Gasteiger partial charge in [-0.3, -0.25) is 0 Å². The summed E-state index contributed by atoms with van der Waals surface area (Å²) in [5.74, 6) is -5.10. The Bertz CT molecular complexity index is 216. The van der Waals surface area contributed by atoms with Gasteiger partial charge in [0.05, 0.1) is 7.11 Å². The van der Waals surface area contributed by atoms with Crippen LogP contribution in [0.3, 0.4) is 0 Å². The predicted molar refractivity (Wildman–Crippen MR) is 34.0 cm³/mol. The zero-order valence-electron chi connectivity index (χ0n) is 7.19. The van der Waals surface area contributed by atoms with Crippen molar-refractivity contribution in [2.45, 2.75) is 25.1 Å². The van der Waals surface area contributed by atoms with Gasteiger partial charge < -0.3 is 9.47 Å². The molecular formula is C6H7F5O3. The molecule has 0 aromatic heterocycles. The molecule has 0 N–H and O–H groups in total. The van der Waals surface area contributed by atoms with Crippen LogP contribution < -0.4 is 0 Å². The van der Waals surface area contributed by atoms with E-state index in [2.05, 4.69) is 9.47 Å². The van der Waals surface area contributed by atoms with Crippen molar-refractivity contribution in [2.24, 2.45) is 0 Å². The van der Waals surface area contributed by atoms with E-state index in [1.807, 2.05) is 0 Å². The standard InChI is InChI=1S/C6H7F5O3/c1-3(7)5(8,9)6(10,11)14-4(12)13-2/h3H,1-2H3. The monoisotopic (exact) mass is 222 g/mol. The Labute approximate surface area is 75.8 Å². The van der Waals surface area contributed by atoms with Gasteiger partial charge in [-0.25, -0.2) is 9.18 Å². The summed E-state index contributed by atoms with van der Waals surface area (Å²) in [5, 5.41) is 0. The molecule has 3 nitrogen and oxygen atoms in total. The molecule has 0 heterocycles. The van der Waals surface area contributed by atoms with Crippen molar-refractivity contribution < 1.29 is 36.2 Å². The third kappa shape index (κ3) is 2.46. The number of carbonyl (C=O) groups excluding carboxylic acids is 1. The molecule has 0 aromatic carbocycles. The highest BCUT2D eigenvalue weighted by molar-refractivity contribution is 5.60. The first-order valence-electron chi connectivity index (χ1n) is 3.31. The van der Waals surface area contributed by atoms with Crippen molar-refractivity contribution in [1.82, 2.24) is 0 Å². The highest BCUT2D eigenvalue weighted by Gasteiger charge is 2.64. The second-order valence-corrected chi connectivity index (χ2v) is 2.31. The van der Waals surface area contributed by atoms with Crippen LogP contribution in [0.4, 0.5) is 26.7 Å². The third-order valence-corrected chi connectivity index (χ3v) is 1.27. The highest BCUT2D eigenvalue weighted by Crippen LogP contribution is 2.39. The number of halogens is 5. The molecule has 0 rings (SSSR count). The summed E-state index contributed by atoms with van der Waals surface area (Å²) in [4.78, 5) is 10.1. The van der Waals surface area contributed by atoms with Crippen LogP contribution in [0.5, 0.6) is 0 Å². The number of rotatable bonds is 3. The highest BCUT2D eigenvalue weighted by atomic mass is 19.3. The van der Waals surface area contributed by atoms with E-state index in [9.17, 15) is 26.7 Å². The molecule has 84 valence electrons. The minimum atomic E-state index is -5.24. The van der Waals surface area contributed by atoms with Gasteiger partial charge in [0.15, 0.2) is 6.17 Å². The molecule has 0 aromatic rings. The van der Waals surface area contributed by atoms with Crippen LogP contribution in [0.2, 0.25) is 0 Å². The zero-order chi connectivity index (χ0) is 11.6. The molecule has 14 heavy (non-hydrogen) atoms. The quantitative estimate of drug-likeness (QED) is 0.543. The summed E-state index contributed by atoms with van der Waals surface area (Å²) < 4.78 is 68.0. The number of carbonyl (C=O) groups is 1. The molecule has 0 spiro atoms. The van der Waals surface area contributed by atoms with E-state index in [1.165, 1.54) is 0 Å². The number of hydrogen-bond acceptors (Lipinski definition) is 3. The van der Waals surface area contributed by atoms with E-state index in [0.29, 0.717) is 7.11 Å². The van der Waals surface area contributed by atoms with E-state index in [1.54, 1.807) is 0 Å². The summed E-state index contributed by atoms with van der Waals surface area (Å²) in [6.45, 7) is 0.217. The van der Waals surface area contributed by atoms with Crippen LogP contribution in [0.1, 0.15) is 6.92 Å². The predicted octanol–water partition coefficient (Wildman–Crippen LogP) is 2.36. The minimum Gasteiger partial charge on any atom is -0.437 e. The fourth-order valence-corrected chi connectivity index (χ4v) is 0.446. The van der Waals surface area contributed by atoms with Gasteiger partial charge in [-0.05, 0) is 6.92 Å². The van der Waals surface area contributed by atoms with E-state index in [-0.39, 0.29) is 6.92 Å². The van der Waals surface area contributed by atoms with Gasteiger partial charge in [0.2, 0.25) is 0 Å². The van der Waals surface area contributed by atoms with E-state index >= 15 is 0 Å². The summed E-state index contributed by atoms with van der Waals surface area (Å²) in [6, 6.07) is 0. The number of methoxy groups -OCH3 is 1. The van der Waals surface area contributed by atoms with E-state index in [0.717, 1.165) is 0 Å². The molecule has 0 bridgehead atoms. The van der Waals surface area contributed by atoms with Crippen molar-refractivity contribution in [2.75, 3.05) is 7.11 Å². The summed E-state index contributed by atoms with van der Waals surface area (Å²) in [5.41, 5.74) is 0.